The van der Waals surface area contributed by atoms with E-state index in [0.717, 1.165) is 24.8 Å². The molecule has 4 rings (SSSR count). The second-order valence-corrected chi connectivity index (χ2v) is 10.7. The molecule has 2 aliphatic carbocycles. The summed E-state index contributed by atoms with van der Waals surface area (Å²) in [6, 6.07) is 9.71. The number of fused-ring (bicyclic) bond motifs is 1. The highest BCUT2D eigenvalue weighted by Crippen LogP contribution is 2.59. The van der Waals surface area contributed by atoms with Crippen molar-refractivity contribution in [2.45, 2.75) is 90.1 Å². The summed E-state index contributed by atoms with van der Waals surface area (Å²) >= 11 is 0. The van der Waals surface area contributed by atoms with Crippen LogP contribution in [0.4, 0.5) is 0 Å². The lowest BCUT2D eigenvalue weighted by molar-refractivity contribution is -0.145. The highest BCUT2D eigenvalue weighted by Gasteiger charge is 2.53. The van der Waals surface area contributed by atoms with Gasteiger partial charge in [-0.2, -0.15) is 0 Å². The van der Waals surface area contributed by atoms with Gasteiger partial charge in [-0.15, -0.1) is 0 Å². The minimum absolute atomic E-state index is 0.239. The minimum Gasteiger partial charge on any atom is -0.429 e. The Kier molecular flexibility index (Phi) is 7.28. The zero-order chi connectivity index (χ0) is 22.8. The number of carbonyl (C=O) groups excluding carboxylic acids is 1. The lowest BCUT2D eigenvalue weighted by Crippen LogP contribution is -2.42. The Labute approximate surface area is 193 Å². The van der Waals surface area contributed by atoms with E-state index in [1.165, 1.54) is 25.7 Å². The number of methoxy groups -OCH3 is 1. The molecule has 1 heterocycles. The predicted octanol–water partition coefficient (Wildman–Crippen LogP) is 6.03. The summed E-state index contributed by atoms with van der Waals surface area (Å²) in [6.45, 7) is 7.18. The van der Waals surface area contributed by atoms with Gasteiger partial charge in [0.2, 0.25) is 6.29 Å². The van der Waals surface area contributed by atoms with Gasteiger partial charge in [0.1, 0.15) is 6.79 Å². The van der Waals surface area contributed by atoms with Crippen LogP contribution in [0.25, 0.3) is 0 Å². The van der Waals surface area contributed by atoms with E-state index >= 15 is 0 Å². The first kappa shape index (κ1) is 23.7. The van der Waals surface area contributed by atoms with Gasteiger partial charge in [0.15, 0.2) is 5.60 Å². The third kappa shape index (κ3) is 4.62. The molecular weight excluding hydrogens is 404 g/mol. The normalized spacial score (nSPS) is 37.8. The number of carbonyl (C=O) groups is 1. The third-order valence-corrected chi connectivity index (χ3v) is 8.62. The molecule has 0 spiro atoms. The number of cyclic esters (lactones) is 1. The Hall–Kier alpha value is -1.43. The highest BCUT2D eigenvalue weighted by atomic mass is 16.8. The van der Waals surface area contributed by atoms with Crippen LogP contribution in [0.15, 0.2) is 30.3 Å². The van der Waals surface area contributed by atoms with E-state index in [2.05, 4.69) is 13.8 Å². The van der Waals surface area contributed by atoms with Crippen LogP contribution in [-0.4, -0.2) is 31.6 Å². The molecule has 5 nitrogen and oxygen atoms in total. The van der Waals surface area contributed by atoms with Gasteiger partial charge in [-0.05, 0) is 68.6 Å². The van der Waals surface area contributed by atoms with Crippen LogP contribution < -0.4 is 0 Å². The molecule has 32 heavy (non-hydrogen) atoms. The van der Waals surface area contributed by atoms with Gasteiger partial charge < -0.3 is 18.9 Å². The molecule has 2 unspecified atom stereocenters. The average molecular weight is 445 g/mol. The van der Waals surface area contributed by atoms with Gasteiger partial charge in [-0.1, -0.05) is 57.0 Å². The van der Waals surface area contributed by atoms with E-state index in [1.54, 1.807) is 7.11 Å². The molecule has 0 bridgehead atoms. The zero-order valence-corrected chi connectivity index (χ0v) is 20.2. The van der Waals surface area contributed by atoms with E-state index in [4.69, 9.17) is 18.9 Å². The molecule has 1 aliphatic heterocycles. The van der Waals surface area contributed by atoms with Crippen molar-refractivity contribution in [2.75, 3.05) is 13.9 Å². The van der Waals surface area contributed by atoms with E-state index in [-0.39, 0.29) is 5.97 Å². The molecule has 3 fully saturated rings. The second-order valence-electron chi connectivity index (χ2n) is 10.7. The molecule has 0 aromatic heterocycles. The molecule has 1 aromatic rings. The zero-order valence-electron chi connectivity index (χ0n) is 20.2. The molecule has 0 radical (unpaired) electrons. The SMILES string of the molecule is COCOC1CCC[C@@]2(C)C1CC[C@@H]2[C@H](C)CCC[C@@]1(C)O[C@H](c2ccccc2)OC1=O. The Morgan fingerprint density at radius 3 is 2.69 bits per heavy atom. The van der Waals surface area contributed by atoms with E-state index in [0.29, 0.717) is 42.5 Å². The van der Waals surface area contributed by atoms with Crippen LogP contribution >= 0.6 is 0 Å². The highest BCUT2D eigenvalue weighted by molar-refractivity contribution is 5.80. The van der Waals surface area contributed by atoms with Crippen molar-refractivity contribution in [1.82, 2.24) is 0 Å². The summed E-state index contributed by atoms with van der Waals surface area (Å²) in [6.07, 6.45) is 8.75. The smallest absolute Gasteiger partial charge is 0.340 e. The van der Waals surface area contributed by atoms with Crippen LogP contribution in [-0.2, 0) is 23.7 Å². The lowest BCUT2D eigenvalue weighted by Gasteiger charge is -2.46. The maximum Gasteiger partial charge on any atom is 0.340 e. The second kappa shape index (κ2) is 9.82. The fourth-order valence-corrected chi connectivity index (χ4v) is 6.85. The molecule has 5 heteroatoms. The standard InChI is InChI=1S/C27H40O5/c1-19(21-14-15-22-23(30-18-29-4)13-9-16-26(21,22)2)10-8-17-27(3)25(28)31-24(32-27)20-11-6-5-7-12-20/h5-7,11-12,19,21-24H,8-10,13-18H2,1-4H3/t19-,21-,22?,23?,24-,26-,27-/m1/s1. The number of esters is 1. The Morgan fingerprint density at radius 2 is 1.94 bits per heavy atom. The summed E-state index contributed by atoms with van der Waals surface area (Å²) in [4.78, 5) is 12.6. The largest absolute Gasteiger partial charge is 0.429 e. The maximum absolute atomic E-state index is 12.6. The third-order valence-electron chi connectivity index (χ3n) is 8.62. The predicted molar refractivity (Wildman–Crippen MR) is 123 cm³/mol. The van der Waals surface area contributed by atoms with Gasteiger partial charge >= 0.3 is 5.97 Å². The van der Waals surface area contributed by atoms with Gasteiger partial charge in [-0.3, -0.25) is 0 Å². The van der Waals surface area contributed by atoms with Crippen molar-refractivity contribution in [3.63, 3.8) is 0 Å². The molecular formula is C27H40O5. The number of rotatable bonds is 9. The first-order chi connectivity index (χ1) is 15.4. The van der Waals surface area contributed by atoms with Crippen LogP contribution in [0.1, 0.15) is 84.0 Å². The molecule has 1 aromatic carbocycles. The van der Waals surface area contributed by atoms with E-state index < -0.39 is 11.9 Å². The summed E-state index contributed by atoms with van der Waals surface area (Å²) in [5.74, 6) is 1.73. The van der Waals surface area contributed by atoms with Crippen LogP contribution in [0.5, 0.6) is 0 Å². The lowest BCUT2D eigenvalue weighted by atomic mass is 9.61. The number of hydrogen-bond donors (Lipinski definition) is 0. The van der Waals surface area contributed by atoms with Crippen molar-refractivity contribution >= 4 is 5.97 Å². The van der Waals surface area contributed by atoms with Gasteiger partial charge in [0.05, 0.1) is 6.10 Å². The van der Waals surface area contributed by atoms with Crippen molar-refractivity contribution in [1.29, 1.82) is 0 Å². The van der Waals surface area contributed by atoms with Crippen molar-refractivity contribution in [3.8, 4) is 0 Å². The molecule has 0 amide bonds. The minimum atomic E-state index is -0.855. The van der Waals surface area contributed by atoms with Crippen molar-refractivity contribution in [2.24, 2.45) is 23.2 Å². The Bertz CT molecular complexity index is 767. The summed E-state index contributed by atoms with van der Waals surface area (Å²) < 4.78 is 22.9. The van der Waals surface area contributed by atoms with Crippen molar-refractivity contribution < 1.29 is 23.7 Å². The number of ether oxygens (including phenoxy) is 4. The van der Waals surface area contributed by atoms with Gasteiger partial charge in [0.25, 0.3) is 0 Å². The van der Waals surface area contributed by atoms with E-state index in [9.17, 15) is 4.79 Å². The molecule has 7 atom stereocenters. The Balaban J connectivity index is 1.31. The summed E-state index contributed by atoms with van der Waals surface area (Å²) in [7, 11) is 1.70. The van der Waals surface area contributed by atoms with Gasteiger partial charge in [-0.25, -0.2) is 4.79 Å². The Morgan fingerprint density at radius 1 is 1.16 bits per heavy atom. The van der Waals surface area contributed by atoms with Crippen molar-refractivity contribution in [3.05, 3.63) is 35.9 Å². The summed E-state index contributed by atoms with van der Waals surface area (Å²) in [5.41, 5.74) is 0.387. The fraction of sp³-hybridized carbons (Fsp3) is 0.741. The first-order valence-corrected chi connectivity index (χ1v) is 12.4. The first-order valence-electron chi connectivity index (χ1n) is 12.4. The molecule has 1 saturated heterocycles. The van der Waals surface area contributed by atoms with Crippen LogP contribution in [0.3, 0.4) is 0 Å². The number of hydrogen-bond acceptors (Lipinski definition) is 5. The average Bonchev–Trinajstić information content (AvgIpc) is 3.29. The summed E-state index contributed by atoms with van der Waals surface area (Å²) in [5, 5.41) is 0. The number of benzene rings is 1. The monoisotopic (exact) mass is 444 g/mol. The van der Waals surface area contributed by atoms with Gasteiger partial charge in [0, 0.05) is 12.7 Å². The van der Waals surface area contributed by atoms with E-state index in [1.807, 2.05) is 37.3 Å². The topological polar surface area (TPSA) is 54.0 Å². The fourth-order valence-electron chi connectivity index (χ4n) is 6.85. The molecule has 0 N–H and O–H groups in total. The quantitative estimate of drug-likeness (QED) is 0.344. The maximum atomic E-state index is 12.6. The van der Waals surface area contributed by atoms with Crippen LogP contribution in [0, 0.1) is 23.2 Å². The molecule has 2 saturated carbocycles. The van der Waals surface area contributed by atoms with Crippen LogP contribution in [0.2, 0.25) is 0 Å². The molecule has 3 aliphatic rings. The molecule has 178 valence electrons.